The van der Waals surface area contributed by atoms with Gasteiger partial charge in [0.2, 0.25) is 0 Å². The van der Waals surface area contributed by atoms with E-state index in [1.54, 1.807) is 5.57 Å². The number of fused-ring (bicyclic) bond motifs is 1. The Labute approximate surface area is 107 Å². The van der Waals surface area contributed by atoms with Crippen molar-refractivity contribution in [2.75, 3.05) is 7.05 Å². The fourth-order valence-electron chi connectivity index (χ4n) is 4.14. The van der Waals surface area contributed by atoms with E-state index in [1.807, 2.05) is 7.05 Å². The van der Waals surface area contributed by atoms with E-state index in [-0.39, 0.29) is 5.54 Å². The monoisotopic (exact) mass is 234 g/mol. The summed E-state index contributed by atoms with van der Waals surface area (Å²) in [6.07, 6.45) is 7.87. The smallest absolute Gasteiger partial charge is 0.0183 e. The third-order valence-corrected chi connectivity index (χ3v) is 5.44. The first-order valence-electron chi connectivity index (χ1n) is 7.26. The molecule has 0 radical (unpaired) electrons. The van der Waals surface area contributed by atoms with Gasteiger partial charge in [-0.1, -0.05) is 45.3 Å². The summed E-state index contributed by atoms with van der Waals surface area (Å²) in [4.78, 5) is 0. The Morgan fingerprint density at radius 2 is 2.06 bits per heavy atom. The Bertz CT molecular complexity index is 305. The fraction of sp³-hybridized carbons (Fsp3) is 0.875. The highest BCUT2D eigenvalue weighted by Gasteiger charge is 2.41. The molecule has 0 saturated heterocycles. The Balaban J connectivity index is 2.29. The zero-order valence-corrected chi connectivity index (χ0v) is 12.2. The molecule has 0 aromatic carbocycles. The summed E-state index contributed by atoms with van der Waals surface area (Å²) in [6.45, 7) is 9.48. The average Bonchev–Trinajstić information content (AvgIpc) is 2.28. The van der Waals surface area contributed by atoms with Crippen LogP contribution in [0.15, 0.2) is 11.6 Å². The molecule has 0 bridgehead atoms. The van der Waals surface area contributed by atoms with Gasteiger partial charge in [0.15, 0.2) is 0 Å². The number of hydrogen-bond donors (Lipinski definition) is 0. The van der Waals surface area contributed by atoms with Crippen LogP contribution in [0.25, 0.3) is 5.32 Å². The van der Waals surface area contributed by atoms with Crippen LogP contribution >= 0.6 is 0 Å². The molecule has 2 aliphatic rings. The molecule has 2 aliphatic carbocycles. The second-order valence-electron chi connectivity index (χ2n) is 6.76. The van der Waals surface area contributed by atoms with Crippen molar-refractivity contribution in [3.05, 3.63) is 17.0 Å². The third kappa shape index (κ3) is 2.31. The van der Waals surface area contributed by atoms with Crippen LogP contribution in [0.1, 0.15) is 53.4 Å². The van der Waals surface area contributed by atoms with Gasteiger partial charge in [-0.3, -0.25) is 0 Å². The molecule has 0 spiro atoms. The molecule has 0 amide bonds. The minimum atomic E-state index is 0.243. The lowest BCUT2D eigenvalue weighted by Crippen LogP contribution is -2.47. The molecule has 0 aromatic rings. The minimum Gasteiger partial charge on any atom is -0.659 e. The van der Waals surface area contributed by atoms with E-state index in [0.717, 1.165) is 23.7 Å². The van der Waals surface area contributed by atoms with Crippen LogP contribution in [-0.2, 0) is 0 Å². The predicted octanol–water partition coefficient (Wildman–Crippen LogP) is 4.79. The van der Waals surface area contributed by atoms with Crippen molar-refractivity contribution in [1.29, 1.82) is 0 Å². The molecule has 0 aliphatic heterocycles. The summed E-state index contributed by atoms with van der Waals surface area (Å²) in [6, 6.07) is 0. The zero-order chi connectivity index (χ0) is 12.6. The normalized spacial score (nSPS) is 42.2. The van der Waals surface area contributed by atoms with Gasteiger partial charge < -0.3 is 5.32 Å². The lowest BCUT2D eigenvalue weighted by atomic mass is 9.57. The van der Waals surface area contributed by atoms with Gasteiger partial charge in [-0.2, -0.15) is 7.05 Å². The lowest BCUT2D eigenvalue weighted by Gasteiger charge is -2.58. The van der Waals surface area contributed by atoms with Gasteiger partial charge in [0.1, 0.15) is 0 Å². The Morgan fingerprint density at radius 1 is 1.35 bits per heavy atom. The van der Waals surface area contributed by atoms with Gasteiger partial charge in [-0.05, 0) is 43.4 Å². The topological polar surface area (TPSA) is 14.1 Å². The van der Waals surface area contributed by atoms with Crippen LogP contribution in [0.4, 0.5) is 0 Å². The summed E-state index contributed by atoms with van der Waals surface area (Å²) >= 11 is 0. The molecule has 4 atom stereocenters. The summed E-state index contributed by atoms with van der Waals surface area (Å²) in [7, 11) is 2.03. The Kier molecular flexibility index (Phi) is 3.68. The maximum Gasteiger partial charge on any atom is -0.0183 e. The summed E-state index contributed by atoms with van der Waals surface area (Å²) < 4.78 is 0. The fourth-order valence-corrected chi connectivity index (χ4v) is 4.14. The molecule has 0 N–H and O–H groups in total. The van der Waals surface area contributed by atoms with Crippen LogP contribution in [0, 0.1) is 23.7 Å². The molecule has 98 valence electrons. The SMILES string of the molecule is C[N-][C@]1(C)CC[C@H](C(C)C)[C@@H]2C=C(C)CC[C@@H]21. The first-order valence-corrected chi connectivity index (χ1v) is 7.26. The highest BCUT2D eigenvalue weighted by atomic mass is 14.9. The second-order valence-corrected chi connectivity index (χ2v) is 6.76. The first kappa shape index (κ1) is 13.1. The number of allylic oxidation sites excluding steroid dienone is 2. The summed E-state index contributed by atoms with van der Waals surface area (Å²) in [5, 5.41) is 4.75. The van der Waals surface area contributed by atoms with Gasteiger partial charge in [-0.15, -0.1) is 5.54 Å². The maximum absolute atomic E-state index is 4.75. The van der Waals surface area contributed by atoms with Crippen molar-refractivity contribution in [2.45, 2.75) is 58.9 Å². The van der Waals surface area contributed by atoms with E-state index >= 15 is 0 Å². The van der Waals surface area contributed by atoms with Crippen molar-refractivity contribution in [2.24, 2.45) is 23.7 Å². The van der Waals surface area contributed by atoms with E-state index in [1.165, 1.54) is 25.7 Å². The van der Waals surface area contributed by atoms with E-state index < -0.39 is 0 Å². The molecular weight excluding hydrogens is 206 g/mol. The van der Waals surface area contributed by atoms with Crippen LogP contribution in [0.5, 0.6) is 0 Å². The zero-order valence-electron chi connectivity index (χ0n) is 12.2. The summed E-state index contributed by atoms with van der Waals surface area (Å²) in [5.74, 6) is 3.26. The van der Waals surface area contributed by atoms with Crippen LogP contribution < -0.4 is 0 Å². The average molecular weight is 234 g/mol. The highest BCUT2D eigenvalue weighted by Crippen LogP contribution is 2.52. The Morgan fingerprint density at radius 3 is 2.65 bits per heavy atom. The van der Waals surface area contributed by atoms with Crippen LogP contribution in [0.3, 0.4) is 0 Å². The first-order chi connectivity index (χ1) is 7.98. The number of nitrogens with zero attached hydrogens (tertiary/aromatic N) is 1. The molecule has 1 saturated carbocycles. The molecule has 1 heteroatoms. The van der Waals surface area contributed by atoms with E-state index in [2.05, 4.69) is 33.8 Å². The molecule has 2 rings (SSSR count). The van der Waals surface area contributed by atoms with Crippen molar-refractivity contribution < 1.29 is 0 Å². The molecular formula is C16H28N-. The largest absolute Gasteiger partial charge is 0.659 e. The van der Waals surface area contributed by atoms with Gasteiger partial charge in [0, 0.05) is 0 Å². The molecule has 0 aromatic heterocycles. The lowest BCUT2D eigenvalue weighted by molar-refractivity contribution is 0.0823. The van der Waals surface area contributed by atoms with Crippen LogP contribution in [0.2, 0.25) is 0 Å². The van der Waals surface area contributed by atoms with Crippen molar-refractivity contribution in [1.82, 2.24) is 0 Å². The minimum absolute atomic E-state index is 0.243. The van der Waals surface area contributed by atoms with Crippen molar-refractivity contribution >= 4 is 0 Å². The van der Waals surface area contributed by atoms with Gasteiger partial charge >= 0.3 is 0 Å². The molecule has 17 heavy (non-hydrogen) atoms. The van der Waals surface area contributed by atoms with Crippen molar-refractivity contribution in [3.8, 4) is 0 Å². The highest BCUT2D eigenvalue weighted by molar-refractivity contribution is 5.19. The van der Waals surface area contributed by atoms with Gasteiger partial charge in [0.05, 0.1) is 0 Å². The molecule has 0 unspecified atom stereocenters. The number of hydrogen-bond acceptors (Lipinski definition) is 0. The molecule has 1 nitrogen and oxygen atoms in total. The van der Waals surface area contributed by atoms with Crippen LogP contribution in [-0.4, -0.2) is 12.6 Å². The van der Waals surface area contributed by atoms with E-state index in [9.17, 15) is 0 Å². The maximum atomic E-state index is 4.75. The summed E-state index contributed by atoms with van der Waals surface area (Å²) in [5.41, 5.74) is 1.85. The van der Waals surface area contributed by atoms with E-state index in [4.69, 9.17) is 5.32 Å². The number of rotatable bonds is 2. The predicted molar refractivity (Wildman–Crippen MR) is 75.2 cm³/mol. The third-order valence-electron chi connectivity index (χ3n) is 5.44. The second kappa shape index (κ2) is 4.76. The molecule has 0 heterocycles. The quantitative estimate of drug-likeness (QED) is 0.610. The van der Waals surface area contributed by atoms with Gasteiger partial charge in [-0.25, -0.2) is 0 Å². The van der Waals surface area contributed by atoms with E-state index in [0.29, 0.717) is 0 Å². The standard InChI is InChI=1S/C16H28N/c1-11(2)13-8-9-16(4,17-5)15-7-6-12(3)10-14(13)15/h10-11,13-15H,6-9H2,1-5H3/q-1/t13-,14+,15+,16-/m1/s1. The molecule has 1 fully saturated rings. The van der Waals surface area contributed by atoms with Crippen molar-refractivity contribution in [3.63, 3.8) is 0 Å². The Hall–Kier alpha value is -0.300. The van der Waals surface area contributed by atoms with Gasteiger partial charge in [0.25, 0.3) is 0 Å².